The van der Waals surface area contributed by atoms with E-state index in [-0.39, 0.29) is 16.9 Å². The van der Waals surface area contributed by atoms with Crippen LogP contribution >= 0.6 is 0 Å². The molecule has 0 amide bonds. The Morgan fingerprint density at radius 1 is 0.375 bits per heavy atom. The van der Waals surface area contributed by atoms with Gasteiger partial charge in [-0.15, -0.1) is 80.6 Å². The van der Waals surface area contributed by atoms with E-state index in [1.807, 2.05) is 65.8 Å². The molecular formula is C60H58O2SiZr-2. The first-order valence-corrected chi connectivity index (χ1v) is 28.1. The van der Waals surface area contributed by atoms with Gasteiger partial charge >= 0.3 is 41.9 Å². The summed E-state index contributed by atoms with van der Waals surface area (Å²) in [5.41, 5.74) is 13.9. The molecular weight excluding hydrogens is 872 g/mol. The van der Waals surface area contributed by atoms with Crippen LogP contribution < -0.4 is 10.2 Å². The molecule has 0 fully saturated rings. The van der Waals surface area contributed by atoms with Crippen LogP contribution in [0, 0.1) is 55.4 Å². The fraction of sp³-hybridized carbons (Fsp3) is 0.167. The van der Waals surface area contributed by atoms with Crippen molar-refractivity contribution >= 4 is 48.5 Å². The Kier molecular flexibility index (Phi) is 16.2. The summed E-state index contributed by atoms with van der Waals surface area (Å²) in [6, 6.07) is 60.1. The Labute approximate surface area is 396 Å². The SMILES string of the molecule is C[Si](C)=[Zr+2].Cc1cc(C)c([O-])c(C)c1.Cc1cc(C)c([O-])c(C)c1.Cc1cc2c(-c3cccc4ccccc34)cccc2[cH-]1.Cc1cc2c(-c3cccc4ccccc34)cccc2[cH-]1. The zero-order chi connectivity index (χ0) is 46.1. The Morgan fingerprint density at radius 3 is 1.00 bits per heavy atom. The Morgan fingerprint density at radius 2 is 0.656 bits per heavy atom. The first kappa shape index (κ1) is 47.7. The third-order valence-electron chi connectivity index (χ3n) is 11.2. The zero-order valence-electron chi connectivity index (χ0n) is 39.0. The zero-order valence-corrected chi connectivity index (χ0v) is 42.4. The minimum atomic E-state index is 0.172. The quantitative estimate of drug-likeness (QED) is 0.128. The van der Waals surface area contributed by atoms with Gasteiger partial charge in [-0.1, -0.05) is 180 Å². The topological polar surface area (TPSA) is 46.1 Å². The van der Waals surface area contributed by atoms with Crippen LogP contribution in [0.2, 0.25) is 13.1 Å². The van der Waals surface area contributed by atoms with Crippen LogP contribution in [0.4, 0.5) is 0 Å². The molecule has 0 heterocycles. The molecule has 64 heavy (non-hydrogen) atoms. The summed E-state index contributed by atoms with van der Waals surface area (Å²) in [6.07, 6.45) is 0. The molecule has 0 aliphatic rings. The smallest absolute Gasteiger partial charge is 0.0114 e. The molecule has 0 radical (unpaired) electrons. The van der Waals surface area contributed by atoms with Gasteiger partial charge in [0.25, 0.3) is 0 Å². The summed E-state index contributed by atoms with van der Waals surface area (Å²) < 4.78 is 0. The van der Waals surface area contributed by atoms with E-state index in [0.717, 1.165) is 33.4 Å². The van der Waals surface area contributed by atoms with Gasteiger partial charge in [0, 0.05) is 0 Å². The molecule has 0 aliphatic carbocycles. The van der Waals surface area contributed by atoms with Crippen molar-refractivity contribution in [3.8, 4) is 33.8 Å². The Hall–Kier alpha value is -5.80. The number of hydrogen-bond acceptors (Lipinski definition) is 2. The van der Waals surface area contributed by atoms with Gasteiger partial charge in [-0.2, -0.15) is 12.1 Å². The van der Waals surface area contributed by atoms with Crippen LogP contribution in [-0.4, -0.2) is 5.43 Å². The van der Waals surface area contributed by atoms with Crippen molar-refractivity contribution in [2.24, 2.45) is 0 Å². The molecule has 0 unspecified atom stereocenters. The van der Waals surface area contributed by atoms with E-state index in [4.69, 9.17) is 0 Å². The van der Waals surface area contributed by atoms with Crippen LogP contribution in [0.1, 0.15) is 44.5 Å². The summed E-state index contributed by atoms with van der Waals surface area (Å²) in [4.78, 5) is 0. The molecule has 10 rings (SSSR count). The molecule has 4 heteroatoms. The molecule has 0 saturated carbocycles. The van der Waals surface area contributed by atoms with E-state index in [1.54, 1.807) is 23.3 Å². The van der Waals surface area contributed by atoms with Crippen LogP contribution in [0.5, 0.6) is 11.5 Å². The molecule has 0 N–H and O–H groups in total. The van der Waals surface area contributed by atoms with Crippen molar-refractivity contribution in [1.29, 1.82) is 0 Å². The molecule has 0 spiro atoms. The van der Waals surface area contributed by atoms with E-state index < -0.39 is 0 Å². The van der Waals surface area contributed by atoms with Gasteiger partial charge in [-0.25, -0.2) is 0 Å². The van der Waals surface area contributed by atoms with Crippen LogP contribution in [-0.2, 0) is 23.3 Å². The van der Waals surface area contributed by atoms with Crippen molar-refractivity contribution in [1.82, 2.24) is 0 Å². The average molecular weight is 930 g/mol. The molecule has 10 aromatic rings. The minimum Gasteiger partial charge on any atom is -0.872 e. The van der Waals surface area contributed by atoms with Gasteiger partial charge < -0.3 is 10.2 Å². The van der Waals surface area contributed by atoms with E-state index >= 15 is 0 Å². The van der Waals surface area contributed by atoms with Crippen molar-refractivity contribution in [2.75, 3.05) is 0 Å². The van der Waals surface area contributed by atoms with Crippen molar-refractivity contribution < 1.29 is 33.5 Å². The summed E-state index contributed by atoms with van der Waals surface area (Å²) >= 11 is 1.74. The second kappa shape index (κ2) is 21.7. The predicted molar refractivity (Wildman–Crippen MR) is 272 cm³/mol. The van der Waals surface area contributed by atoms with Crippen LogP contribution in [0.3, 0.4) is 0 Å². The van der Waals surface area contributed by atoms with Gasteiger partial charge in [0.05, 0.1) is 0 Å². The second-order valence-electron chi connectivity index (χ2n) is 17.2. The predicted octanol–water partition coefficient (Wildman–Crippen LogP) is 15.5. The number of fused-ring (bicyclic) bond motifs is 4. The number of benzene rings is 8. The number of aryl methyl sites for hydroxylation is 8. The molecule has 0 aliphatic heterocycles. The molecule has 0 saturated heterocycles. The van der Waals surface area contributed by atoms with Crippen molar-refractivity contribution in [3.63, 3.8) is 0 Å². The van der Waals surface area contributed by atoms with E-state index in [9.17, 15) is 10.2 Å². The molecule has 0 aromatic heterocycles. The van der Waals surface area contributed by atoms with Crippen molar-refractivity contribution in [2.45, 2.75) is 68.5 Å². The first-order chi connectivity index (χ1) is 30.6. The van der Waals surface area contributed by atoms with Gasteiger partial charge in [-0.05, 0) is 74.2 Å². The Balaban J connectivity index is 0.000000144. The maximum atomic E-state index is 11.1. The molecule has 320 valence electrons. The van der Waals surface area contributed by atoms with Gasteiger partial charge in [0.2, 0.25) is 0 Å². The monoisotopic (exact) mass is 928 g/mol. The minimum absolute atomic E-state index is 0.172. The molecule has 0 atom stereocenters. The third kappa shape index (κ3) is 11.9. The van der Waals surface area contributed by atoms with Crippen molar-refractivity contribution in [3.05, 3.63) is 214 Å². The van der Waals surface area contributed by atoms with Gasteiger partial charge in [0.1, 0.15) is 0 Å². The summed E-state index contributed by atoms with van der Waals surface area (Å²) in [7, 11) is 0. The fourth-order valence-electron chi connectivity index (χ4n) is 8.49. The average Bonchev–Trinajstić information content (AvgIpc) is 3.85. The largest absolute Gasteiger partial charge is 0.872 e. The molecule has 10 aromatic carbocycles. The van der Waals surface area contributed by atoms with E-state index in [0.29, 0.717) is 0 Å². The third-order valence-corrected chi connectivity index (χ3v) is 11.2. The maximum absolute atomic E-state index is 11.1. The fourth-order valence-corrected chi connectivity index (χ4v) is 8.49. The Bertz CT molecular complexity index is 2950. The molecule has 2 nitrogen and oxygen atoms in total. The maximum Gasteiger partial charge on any atom is -0.0114 e. The standard InChI is InChI=1S/2C20H15.2C9H12O.C2H6Si.Zr/c2*1-14-12-16-8-5-11-19(20(16)13-14)18-10-4-7-15-6-2-3-9-17(15)18;2*1-6-4-7(2)9(10)8(3)5-6;1-3-2;/h2*2-13H,1H3;2*4-5,10H,1-3H3;1-2H3;/q2*-1;;;;+2/p-2. The van der Waals surface area contributed by atoms with Gasteiger partial charge in [-0.3, -0.25) is 0 Å². The number of rotatable bonds is 2. The van der Waals surface area contributed by atoms with Crippen LogP contribution in [0.25, 0.3) is 65.3 Å². The van der Waals surface area contributed by atoms with E-state index in [1.165, 1.54) is 76.5 Å². The van der Waals surface area contributed by atoms with E-state index in [2.05, 4.69) is 173 Å². The number of hydrogen-bond donors (Lipinski definition) is 0. The summed E-state index contributed by atoms with van der Waals surface area (Å²) in [6.45, 7) is 20.3. The normalized spacial score (nSPS) is 10.6. The second-order valence-corrected chi connectivity index (χ2v) is 26.6. The first-order valence-electron chi connectivity index (χ1n) is 21.9. The summed E-state index contributed by atoms with van der Waals surface area (Å²) in [5.74, 6) is 0.344. The van der Waals surface area contributed by atoms with Crippen LogP contribution in [0.15, 0.2) is 170 Å². The van der Waals surface area contributed by atoms with Gasteiger partial charge in [0.15, 0.2) is 0 Å². The summed E-state index contributed by atoms with van der Waals surface area (Å²) in [5, 5.41) is 32.8. The molecule has 0 bridgehead atoms.